The van der Waals surface area contributed by atoms with Crippen molar-refractivity contribution in [3.63, 3.8) is 0 Å². The van der Waals surface area contributed by atoms with Crippen molar-refractivity contribution in [3.8, 4) is 0 Å². The standard InChI is InChI=1S/C13H22N2OS/c1-10(8-9-16-2)13(15-14)11-6-4-5-7-12(11)17-3/h4-7,10,13,15H,8-9,14H2,1-3H3. The number of hydrogen-bond acceptors (Lipinski definition) is 4. The Balaban J connectivity index is 2.84. The zero-order chi connectivity index (χ0) is 12.7. The molecule has 0 radical (unpaired) electrons. The van der Waals surface area contributed by atoms with Crippen LogP contribution in [-0.4, -0.2) is 20.0 Å². The summed E-state index contributed by atoms with van der Waals surface area (Å²) in [5.41, 5.74) is 4.20. The highest BCUT2D eigenvalue weighted by Gasteiger charge is 2.19. The molecule has 0 saturated carbocycles. The molecule has 0 aliphatic rings. The molecular weight excluding hydrogens is 232 g/mol. The number of benzene rings is 1. The van der Waals surface area contributed by atoms with E-state index < -0.39 is 0 Å². The van der Waals surface area contributed by atoms with Gasteiger partial charge in [-0.05, 0) is 30.2 Å². The van der Waals surface area contributed by atoms with Crippen molar-refractivity contribution in [2.24, 2.45) is 11.8 Å². The van der Waals surface area contributed by atoms with E-state index in [9.17, 15) is 0 Å². The molecule has 0 heterocycles. The van der Waals surface area contributed by atoms with Crippen molar-refractivity contribution in [1.82, 2.24) is 5.43 Å². The number of thioether (sulfide) groups is 1. The number of hydrogen-bond donors (Lipinski definition) is 2. The predicted octanol–water partition coefficient (Wildman–Crippen LogP) is 2.59. The molecule has 0 fully saturated rings. The minimum atomic E-state index is 0.175. The fraction of sp³-hybridized carbons (Fsp3) is 0.538. The molecule has 4 heteroatoms. The van der Waals surface area contributed by atoms with E-state index in [4.69, 9.17) is 10.6 Å². The van der Waals surface area contributed by atoms with Gasteiger partial charge in [-0.15, -0.1) is 11.8 Å². The summed E-state index contributed by atoms with van der Waals surface area (Å²) < 4.78 is 5.13. The molecule has 1 aromatic rings. The molecular formula is C13H22N2OS. The summed E-state index contributed by atoms with van der Waals surface area (Å²) in [7, 11) is 1.73. The molecule has 3 N–H and O–H groups in total. The first-order chi connectivity index (χ1) is 8.24. The fourth-order valence-electron chi connectivity index (χ4n) is 1.95. The van der Waals surface area contributed by atoms with Gasteiger partial charge in [-0.3, -0.25) is 11.3 Å². The number of nitrogens with one attached hydrogen (secondary N) is 1. The lowest BCUT2D eigenvalue weighted by Gasteiger charge is -2.25. The van der Waals surface area contributed by atoms with Gasteiger partial charge in [-0.1, -0.05) is 25.1 Å². The second-order valence-electron chi connectivity index (χ2n) is 4.15. The Morgan fingerprint density at radius 2 is 2.12 bits per heavy atom. The Hall–Kier alpha value is -0.550. The van der Waals surface area contributed by atoms with Gasteiger partial charge >= 0.3 is 0 Å². The summed E-state index contributed by atoms with van der Waals surface area (Å²) in [6, 6.07) is 8.56. The van der Waals surface area contributed by atoms with E-state index >= 15 is 0 Å². The number of rotatable bonds is 7. The van der Waals surface area contributed by atoms with E-state index in [0.717, 1.165) is 13.0 Å². The smallest absolute Gasteiger partial charge is 0.0497 e. The lowest BCUT2D eigenvalue weighted by atomic mass is 9.92. The lowest BCUT2D eigenvalue weighted by molar-refractivity contribution is 0.170. The van der Waals surface area contributed by atoms with Crippen LogP contribution in [-0.2, 0) is 4.74 Å². The first-order valence-electron chi connectivity index (χ1n) is 5.82. The van der Waals surface area contributed by atoms with E-state index in [1.54, 1.807) is 18.9 Å². The summed E-state index contributed by atoms with van der Waals surface area (Å²) in [5, 5.41) is 0. The molecule has 0 aliphatic carbocycles. The Kier molecular flexibility index (Phi) is 6.58. The van der Waals surface area contributed by atoms with Gasteiger partial charge in [0, 0.05) is 24.7 Å². The molecule has 3 nitrogen and oxygen atoms in total. The highest BCUT2D eigenvalue weighted by Crippen LogP contribution is 2.31. The van der Waals surface area contributed by atoms with E-state index in [-0.39, 0.29) is 6.04 Å². The summed E-state index contributed by atoms with van der Waals surface area (Å²) in [6.45, 7) is 2.96. The molecule has 96 valence electrons. The highest BCUT2D eigenvalue weighted by atomic mass is 32.2. The maximum Gasteiger partial charge on any atom is 0.0497 e. The average molecular weight is 254 g/mol. The SMILES string of the molecule is COCCC(C)C(NN)c1ccccc1SC. The lowest BCUT2D eigenvalue weighted by Crippen LogP contribution is -2.33. The molecule has 0 aromatic heterocycles. The van der Waals surface area contributed by atoms with Gasteiger partial charge in [-0.2, -0.15) is 0 Å². The van der Waals surface area contributed by atoms with Crippen molar-refractivity contribution in [2.45, 2.75) is 24.3 Å². The molecule has 17 heavy (non-hydrogen) atoms. The van der Waals surface area contributed by atoms with Crippen LogP contribution in [0.15, 0.2) is 29.2 Å². The third kappa shape index (κ3) is 4.00. The molecule has 1 aromatic carbocycles. The zero-order valence-corrected chi connectivity index (χ0v) is 11.6. The van der Waals surface area contributed by atoms with Crippen molar-refractivity contribution in [1.29, 1.82) is 0 Å². The maximum absolute atomic E-state index is 5.70. The van der Waals surface area contributed by atoms with Gasteiger partial charge in [0.2, 0.25) is 0 Å². The maximum atomic E-state index is 5.70. The number of nitrogens with two attached hydrogens (primary N) is 1. The van der Waals surface area contributed by atoms with Crippen LogP contribution in [0.1, 0.15) is 24.9 Å². The highest BCUT2D eigenvalue weighted by molar-refractivity contribution is 7.98. The van der Waals surface area contributed by atoms with E-state index in [0.29, 0.717) is 5.92 Å². The van der Waals surface area contributed by atoms with Crippen LogP contribution in [0.3, 0.4) is 0 Å². The predicted molar refractivity (Wildman–Crippen MR) is 73.9 cm³/mol. The minimum absolute atomic E-state index is 0.175. The van der Waals surface area contributed by atoms with Crippen molar-refractivity contribution >= 4 is 11.8 Å². The van der Waals surface area contributed by atoms with Crippen molar-refractivity contribution in [2.75, 3.05) is 20.0 Å². The topological polar surface area (TPSA) is 47.3 Å². The van der Waals surface area contributed by atoms with E-state index in [1.807, 2.05) is 0 Å². The third-order valence-electron chi connectivity index (χ3n) is 3.00. The molecule has 1 rings (SSSR count). The first kappa shape index (κ1) is 14.5. The number of ether oxygens (including phenoxy) is 1. The Labute approximate surface area is 108 Å². The van der Waals surface area contributed by atoms with Crippen LogP contribution < -0.4 is 11.3 Å². The van der Waals surface area contributed by atoms with Gasteiger partial charge in [0.15, 0.2) is 0 Å². The van der Waals surface area contributed by atoms with Crippen LogP contribution in [0.4, 0.5) is 0 Å². The number of hydrazine groups is 1. The second kappa shape index (κ2) is 7.71. The fourth-order valence-corrected chi connectivity index (χ4v) is 2.60. The van der Waals surface area contributed by atoms with Gasteiger partial charge < -0.3 is 4.74 Å². The summed E-state index contributed by atoms with van der Waals surface area (Å²) in [4.78, 5) is 1.28. The van der Waals surface area contributed by atoms with Crippen molar-refractivity contribution < 1.29 is 4.74 Å². The van der Waals surface area contributed by atoms with Crippen molar-refractivity contribution in [3.05, 3.63) is 29.8 Å². The quantitative estimate of drug-likeness (QED) is 0.446. The van der Waals surface area contributed by atoms with Gasteiger partial charge in [0.1, 0.15) is 0 Å². The second-order valence-corrected chi connectivity index (χ2v) is 4.99. The van der Waals surface area contributed by atoms with Crippen LogP contribution in [0.2, 0.25) is 0 Å². The molecule has 0 amide bonds. The Morgan fingerprint density at radius 1 is 1.41 bits per heavy atom. The van der Waals surface area contributed by atoms with Crippen LogP contribution in [0.5, 0.6) is 0 Å². The summed E-state index contributed by atoms with van der Waals surface area (Å²) in [5.74, 6) is 6.14. The van der Waals surface area contributed by atoms with E-state index in [1.165, 1.54) is 10.5 Å². The van der Waals surface area contributed by atoms with Crippen LogP contribution >= 0.6 is 11.8 Å². The zero-order valence-electron chi connectivity index (χ0n) is 10.8. The van der Waals surface area contributed by atoms with E-state index in [2.05, 4.69) is 42.9 Å². The summed E-state index contributed by atoms with van der Waals surface area (Å²) in [6.07, 6.45) is 3.08. The molecule has 0 aliphatic heterocycles. The molecule has 2 atom stereocenters. The Bertz CT molecular complexity index is 333. The number of methoxy groups -OCH3 is 1. The van der Waals surface area contributed by atoms with Crippen LogP contribution in [0.25, 0.3) is 0 Å². The molecule has 0 bridgehead atoms. The van der Waals surface area contributed by atoms with Gasteiger partial charge in [-0.25, -0.2) is 0 Å². The monoisotopic (exact) mass is 254 g/mol. The molecule has 0 saturated heterocycles. The minimum Gasteiger partial charge on any atom is -0.385 e. The molecule has 0 spiro atoms. The summed E-state index contributed by atoms with van der Waals surface area (Å²) >= 11 is 1.75. The third-order valence-corrected chi connectivity index (χ3v) is 3.81. The largest absolute Gasteiger partial charge is 0.385 e. The van der Waals surface area contributed by atoms with Gasteiger partial charge in [0.25, 0.3) is 0 Å². The molecule has 2 unspecified atom stereocenters. The normalized spacial score (nSPS) is 14.6. The van der Waals surface area contributed by atoms with Crippen LogP contribution in [0, 0.1) is 5.92 Å². The Morgan fingerprint density at radius 3 is 2.71 bits per heavy atom. The van der Waals surface area contributed by atoms with Gasteiger partial charge in [0.05, 0.1) is 0 Å². The average Bonchev–Trinajstić information content (AvgIpc) is 2.37. The first-order valence-corrected chi connectivity index (χ1v) is 7.05.